The van der Waals surface area contributed by atoms with Crippen molar-refractivity contribution in [1.29, 1.82) is 5.41 Å². The standard InChI is InChI=1S/C9H6IN3O2S/c10-16-4-3-9(12)7-5-6(13(14)15)1-2-8(7)11/h1-2,5,12H,11H2. The van der Waals surface area contributed by atoms with Crippen molar-refractivity contribution in [2.75, 3.05) is 5.73 Å². The van der Waals surface area contributed by atoms with Crippen LogP contribution in [-0.4, -0.2) is 10.6 Å². The van der Waals surface area contributed by atoms with Crippen LogP contribution >= 0.6 is 30.1 Å². The van der Waals surface area contributed by atoms with Crippen molar-refractivity contribution in [1.82, 2.24) is 0 Å². The molecule has 0 aliphatic heterocycles. The van der Waals surface area contributed by atoms with Crippen molar-refractivity contribution in [3.05, 3.63) is 33.9 Å². The summed E-state index contributed by atoms with van der Waals surface area (Å²) in [6.45, 7) is 0. The van der Waals surface area contributed by atoms with E-state index in [2.05, 4.69) is 11.2 Å². The van der Waals surface area contributed by atoms with Gasteiger partial charge in [0.1, 0.15) is 5.71 Å². The number of hydrogen-bond donors (Lipinski definition) is 2. The van der Waals surface area contributed by atoms with E-state index in [1.54, 1.807) is 0 Å². The van der Waals surface area contributed by atoms with E-state index in [9.17, 15) is 10.1 Å². The van der Waals surface area contributed by atoms with Gasteiger partial charge in [-0.3, -0.25) is 15.5 Å². The molecule has 0 aliphatic rings. The number of hydrogen-bond acceptors (Lipinski definition) is 5. The third kappa shape index (κ3) is 3.11. The van der Waals surface area contributed by atoms with Gasteiger partial charge in [-0.05, 0) is 26.2 Å². The Kier molecular flexibility index (Phi) is 4.57. The Morgan fingerprint density at radius 1 is 1.62 bits per heavy atom. The average Bonchev–Trinajstić information content (AvgIpc) is 2.26. The summed E-state index contributed by atoms with van der Waals surface area (Å²) in [6, 6.07) is 3.96. The van der Waals surface area contributed by atoms with Gasteiger partial charge in [0.2, 0.25) is 0 Å². The number of halogens is 1. The van der Waals surface area contributed by atoms with Crippen LogP contribution in [-0.2, 0) is 0 Å². The van der Waals surface area contributed by atoms with Crippen LogP contribution in [0.2, 0.25) is 0 Å². The molecule has 82 valence electrons. The second kappa shape index (κ2) is 5.72. The molecule has 16 heavy (non-hydrogen) atoms. The van der Waals surface area contributed by atoms with Crippen LogP contribution in [0, 0.1) is 26.7 Å². The Labute approximate surface area is 108 Å². The SMILES string of the molecule is N=C(C#CSI)c1cc([N+](=O)[O-])ccc1N. The molecule has 0 saturated carbocycles. The number of nitrogens with one attached hydrogen (secondary N) is 1. The van der Waals surface area contributed by atoms with E-state index in [1.165, 1.54) is 27.1 Å². The molecule has 3 N–H and O–H groups in total. The van der Waals surface area contributed by atoms with Gasteiger partial charge in [-0.1, -0.05) is 0 Å². The summed E-state index contributed by atoms with van der Waals surface area (Å²) in [4.78, 5) is 10.0. The normalized spacial score (nSPS) is 9.06. The first-order chi connectivity index (χ1) is 7.56. The van der Waals surface area contributed by atoms with E-state index in [4.69, 9.17) is 11.1 Å². The van der Waals surface area contributed by atoms with E-state index >= 15 is 0 Å². The molecule has 0 radical (unpaired) electrons. The highest BCUT2D eigenvalue weighted by Gasteiger charge is 2.11. The van der Waals surface area contributed by atoms with E-state index in [-0.39, 0.29) is 17.0 Å². The molecule has 0 aliphatic carbocycles. The lowest BCUT2D eigenvalue weighted by Gasteiger charge is -2.01. The zero-order valence-electron chi connectivity index (χ0n) is 7.86. The van der Waals surface area contributed by atoms with Crippen molar-refractivity contribution < 1.29 is 4.92 Å². The van der Waals surface area contributed by atoms with Gasteiger partial charge in [-0.2, -0.15) is 0 Å². The molecule has 1 aromatic carbocycles. The van der Waals surface area contributed by atoms with Crippen molar-refractivity contribution in [2.24, 2.45) is 0 Å². The molecule has 0 heterocycles. The fourth-order valence-corrected chi connectivity index (χ4v) is 1.48. The third-order valence-corrected chi connectivity index (χ3v) is 2.57. The van der Waals surface area contributed by atoms with Crippen LogP contribution in [0.1, 0.15) is 5.56 Å². The van der Waals surface area contributed by atoms with Gasteiger partial charge >= 0.3 is 0 Å². The number of benzene rings is 1. The minimum atomic E-state index is -0.531. The largest absolute Gasteiger partial charge is 0.398 e. The number of nitrogen functional groups attached to an aromatic ring is 1. The third-order valence-electron chi connectivity index (χ3n) is 1.73. The highest BCUT2D eigenvalue weighted by Crippen LogP contribution is 2.20. The molecule has 0 unspecified atom stereocenters. The summed E-state index contributed by atoms with van der Waals surface area (Å²) in [5, 5.41) is 20.8. The summed E-state index contributed by atoms with van der Waals surface area (Å²) in [5.41, 5.74) is 6.09. The molecular formula is C9H6IN3O2S. The lowest BCUT2D eigenvalue weighted by atomic mass is 10.1. The highest BCUT2D eigenvalue weighted by atomic mass is 127. The Balaban J connectivity index is 3.17. The van der Waals surface area contributed by atoms with Gasteiger partial charge in [-0.25, -0.2) is 0 Å². The van der Waals surface area contributed by atoms with Crippen LogP contribution in [0.25, 0.3) is 0 Å². The Morgan fingerprint density at radius 3 is 2.88 bits per heavy atom. The van der Waals surface area contributed by atoms with Crippen molar-refractivity contribution in [3.8, 4) is 11.2 Å². The monoisotopic (exact) mass is 347 g/mol. The molecule has 0 aromatic heterocycles. The van der Waals surface area contributed by atoms with Gasteiger partial charge in [0.05, 0.1) is 4.92 Å². The molecule has 1 aromatic rings. The van der Waals surface area contributed by atoms with Crippen molar-refractivity contribution in [3.63, 3.8) is 0 Å². The molecule has 5 nitrogen and oxygen atoms in total. The molecule has 0 amide bonds. The second-order valence-corrected chi connectivity index (χ2v) is 4.39. The lowest BCUT2D eigenvalue weighted by molar-refractivity contribution is -0.384. The Hall–Kier alpha value is -1.27. The van der Waals surface area contributed by atoms with E-state index < -0.39 is 4.92 Å². The predicted octanol–water partition coefficient (Wildman–Crippen LogP) is 2.59. The number of nitrogens with zero attached hydrogens (tertiary/aromatic N) is 1. The molecular weight excluding hydrogens is 341 g/mol. The smallest absolute Gasteiger partial charge is 0.270 e. The molecule has 7 heteroatoms. The number of nitrogens with two attached hydrogens (primary N) is 1. The van der Waals surface area contributed by atoms with E-state index in [1.807, 2.05) is 21.2 Å². The predicted molar refractivity (Wildman–Crippen MR) is 73.7 cm³/mol. The minimum absolute atomic E-state index is 0.0228. The minimum Gasteiger partial charge on any atom is -0.398 e. The van der Waals surface area contributed by atoms with Crippen LogP contribution in [0.3, 0.4) is 0 Å². The summed E-state index contributed by atoms with van der Waals surface area (Å²) < 4.78 is 0. The van der Waals surface area contributed by atoms with Gasteiger partial charge in [0.25, 0.3) is 5.69 Å². The van der Waals surface area contributed by atoms with Gasteiger partial charge < -0.3 is 5.73 Å². The fraction of sp³-hybridized carbons (Fsp3) is 0. The van der Waals surface area contributed by atoms with Crippen molar-refractivity contribution >= 4 is 47.2 Å². The zero-order chi connectivity index (χ0) is 12.1. The maximum atomic E-state index is 10.6. The molecule has 0 fully saturated rings. The Morgan fingerprint density at radius 2 is 2.31 bits per heavy atom. The molecule has 0 atom stereocenters. The summed E-state index contributed by atoms with van der Waals surface area (Å²) >= 11 is 1.97. The van der Waals surface area contributed by atoms with Gasteiger partial charge in [0.15, 0.2) is 0 Å². The molecule has 0 saturated heterocycles. The first kappa shape index (κ1) is 12.8. The number of rotatable bonds is 2. The number of anilines is 1. The fourth-order valence-electron chi connectivity index (χ4n) is 1.01. The maximum absolute atomic E-state index is 10.6. The first-order valence-corrected chi connectivity index (χ1v) is 7.33. The maximum Gasteiger partial charge on any atom is 0.270 e. The highest BCUT2D eigenvalue weighted by molar-refractivity contribution is 14.2. The number of nitro benzene ring substituents is 1. The van der Waals surface area contributed by atoms with Crippen LogP contribution in [0.5, 0.6) is 0 Å². The van der Waals surface area contributed by atoms with Gasteiger partial charge in [-0.15, -0.1) is 0 Å². The lowest BCUT2D eigenvalue weighted by Crippen LogP contribution is -2.02. The van der Waals surface area contributed by atoms with Crippen molar-refractivity contribution in [2.45, 2.75) is 0 Å². The number of non-ortho nitro benzene ring substituents is 1. The van der Waals surface area contributed by atoms with Crippen LogP contribution in [0.4, 0.5) is 11.4 Å². The number of nitro groups is 1. The first-order valence-electron chi connectivity index (χ1n) is 3.97. The van der Waals surface area contributed by atoms with Gasteiger partial charge in [0, 0.05) is 44.6 Å². The Bertz CT molecular complexity index is 507. The summed E-state index contributed by atoms with van der Waals surface area (Å²) in [5.74, 6) is 2.54. The zero-order valence-corrected chi connectivity index (χ0v) is 10.8. The molecule has 0 spiro atoms. The molecule has 1 rings (SSSR count). The summed E-state index contributed by atoms with van der Waals surface area (Å²) in [6.07, 6.45) is 0. The van der Waals surface area contributed by atoms with E-state index in [0.29, 0.717) is 5.69 Å². The van der Waals surface area contributed by atoms with Crippen LogP contribution < -0.4 is 5.73 Å². The van der Waals surface area contributed by atoms with E-state index in [0.717, 1.165) is 0 Å². The second-order valence-electron chi connectivity index (χ2n) is 2.71. The quantitative estimate of drug-likeness (QED) is 0.215. The topological polar surface area (TPSA) is 93.0 Å². The molecule has 0 bridgehead atoms. The average molecular weight is 347 g/mol. The van der Waals surface area contributed by atoms with Crippen LogP contribution in [0.15, 0.2) is 18.2 Å². The summed E-state index contributed by atoms with van der Waals surface area (Å²) in [7, 11) is 1.23.